The molecule has 1 atom stereocenters. The van der Waals surface area contributed by atoms with Gasteiger partial charge in [0.1, 0.15) is 23.3 Å². The van der Waals surface area contributed by atoms with Crippen LogP contribution in [0.5, 0.6) is 5.75 Å². The van der Waals surface area contributed by atoms with Crippen molar-refractivity contribution in [2.75, 3.05) is 12.4 Å². The Morgan fingerprint density at radius 3 is 2.41 bits per heavy atom. The number of hydrogen-bond acceptors (Lipinski definition) is 5. The van der Waals surface area contributed by atoms with Gasteiger partial charge in [0, 0.05) is 24.6 Å². The quantitative estimate of drug-likeness (QED) is 0.343. The van der Waals surface area contributed by atoms with Crippen LogP contribution in [-0.2, 0) is 17.8 Å². The van der Waals surface area contributed by atoms with E-state index in [-0.39, 0.29) is 12.2 Å². The molecule has 188 valence electrons. The number of aromatic nitrogens is 2. The molecule has 0 spiro atoms. The van der Waals surface area contributed by atoms with Crippen LogP contribution in [0.3, 0.4) is 0 Å². The van der Waals surface area contributed by atoms with Crippen molar-refractivity contribution in [1.29, 1.82) is 0 Å². The van der Waals surface area contributed by atoms with Gasteiger partial charge in [0.05, 0.1) is 13.3 Å². The Kier molecular flexibility index (Phi) is 8.20. The molecule has 1 N–H and O–H groups in total. The first-order valence-electron chi connectivity index (χ1n) is 11.8. The summed E-state index contributed by atoms with van der Waals surface area (Å²) in [6.45, 7) is 2.14. The number of benzene rings is 3. The molecule has 4 aromatic rings. The maximum absolute atomic E-state index is 13.8. The number of hydrogen-bond donors (Lipinski definition) is 1. The lowest BCUT2D eigenvalue weighted by molar-refractivity contribution is -0.121. The van der Waals surface area contributed by atoms with Crippen molar-refractivity contribution in [2.24, 2.45) is 0 Å². The molecule has 1 unspecified atom stereocenters. The summed E-state index contributed by atoms with van der Waals surface area (Å²) < 4.78 is 18.8. The van der Waals surface area contributed by atoms with Crippen molar-refractivity contribution < 1.29 is 18.7 Å². The molecular formula is C29H27FN4O3. The van der Waals surface area contributed by atoms with Gasteiger partial charge in [0.25, 0.3) is 11.8 Å². The molecule has 0 aliphatic rings. The number of carbonyl (C=O) groups is 2. The van der Waals surface area contributed by atoms with E-state index in [1.165, 1.54) is 47.8 Å². The predicted molar refractivity (Wildman–Crippen MR) is 138 cm³/mol. The number of ether oxygens (including phenoxy) is 1. The molecular weight excluding hydrogens is 471 g/mol. The number of halogens is 1. The average Bonchev–Trinajstić information content (AvgIpc) is 2.94. The van der Waals surface area contributed by atoms with Gasteiger partial charge in [-0.05, 0) is 59.5 Å². The van der Waals surface area contributed by atoms with E-state index in [1.807, 2.05) is 49.4 Å². The Bertz CT molecular complexity index is 1350. The van der Waals surface area contributed by atoms with Gasteiger partial charge in [-0.2, -0.15) is 0 Å². The van der Waals surface area contributed by atoms with Crippen molar-refractivity contribution in [3.63, 3.8) is 0 Å². The van der Waals surface area contributed by atoms with Crippen LogP contribution in [-0.4, -0.2) is 33.8 Å². The minimum atomic E-state index is -1.02. The van der Waals surface area contributed by atoms with E-state index < -0.39 is 23.7 Å². The molecule has 0 fully saturated rings. The molecule has 8 heteroatoms. The maximum Gasteiger partial charge on any atom is 0.275 e. The largest absolute Gasteiger partial charge is 0.497 e. The molecule has 37 heavy (non-hydrogen) atoms. The fraction of sp³-hybridized carbons (Fsp3) is 0.172. The smallest absolute Gasteiger partial charge is 0.275 e. The Morgan fingerprint density at radius 1 is 1.00 bits per heavy atom. The minimum Gasteiger partial charge on any atom is -0.497 e. The lowest BCUT2D eigenvalue weighted by Crippen LogP contribution is -2.41. The molecule has 7 nitrogen and oxygen atoms in total. The second-order valence-electron chi connectivity index (χ2n) is 8.37. The summed E-state index contributed by atoms with van der Waals surface area (Å²) in [5, 5.41) is 2.83. The van der Waals surface area contributed by atoms with Gasteiger partial charge in [-0.1, -0.05) is 43.3 Å². The van der Waals surface area contributed by atoms with E-state index in [1.54, 1.807) is 13.2 Å². The Labute approximate surface area is 215 Å². The molecule has 4 rings (SSSR count). The third-order valence-corrected chi connectivity index (χ3v) is 5.91. The number of carbonyl (C=O) groups excluding carboxylic acids is 2. The molecule has 1 heterocycles. The highest BCUT2D eigenvalue weighted by atomic mass is 19.1. The van der Waals surface area contributed by atoms with E-state index in [2.05, 4.69) is 15.3 Å². The van der Waals surface area contributed by atoms with Crippen LogP contribution in [0.2, 0.25) is 0 Å². The van der Waals surface area contributed by atoms with Crippen LogP contribution in [0.25, 0.3) is 0 Å². The van der Waals surface area contributed by atoms with Crippen LogP contribution in [0, 0.1) is 5.82 Å². The molecule has 1 aromatic heterocycles. The number of rotatable bonds is 9. The van der Waals surface area contributed by atoms with Gasteiger partial charge in [0.15, 0.2) is 0 Å². The van der Waals surface area contributed by atoms with Crippen molar-refractivity contribution in [3.05, 3.63) is 120 Å². The number of aryl methyl sites for hydroxylation is 1. The number of amides is 2. The minimum absolute atomic E-state index is 0.101. The summed E-state index contributed by atoms with van der Waals surface area (Å²) in [4.78, 5) is 37.3. The van der Waals surface area contributed by atoms with Crippen LogP contribution >= 0.6 is 0 Å². The number of nitrogens with zero attached hydrogens (tertiary/aromatic N) is 3. The van der Waals surface area contributed by atoms with Crippen LogP contribution in [0.1, 0.15) is 40.1 Å². The Balaban J connectivity index is 1.79. The SMILES string of the molecule is CCc1ccc(C(C(=O)Nc2ccc(F)cc2)N(Cc2cccc(OC)c2)C(=O)c2cnccn2)cc1. The average molecular weight is 499 g/mol. The topological polar surface area (TPSA) is 84.4 Å². The van der Waals surface area contributed by atoms with Crippen LogP contribution in [0.15, 0.2) is 91.4 Å². The normalized spacial score (nSPS) is 11.4. The number of anilines is 1. The van der Waals surface area contributed by atoms with Crippen molar-refractivity contribution in [1.82, 2.24) is 14.9 Å². The highest BCUT2D eigenvalue weighted by Gasteiger charge is 2.33. The highest BCUT2D eigenvalue weighted by molar-refractivity contribution is 6.00. The Morgan fingerprint density at radius 2 is 1.76 bits per heavy atom. The van der Waals surface area contributed by atoms with E-state index in [9.17, 15) is 14.0 Å². The summed E-state index contributed by atoms with van der Waals surface area (Å²) in [6, 6.07) is 19.3. The maximum atomic E-state index is 13.8. The zero-order valence-electron chi connectivity index (χ0n) is 20.6. The zero-order valence-corrected chi connectivity index (χ0v) is 20.6. The van der Waals surface area contributed by atoms with Crippen LogP contribution in [0.4, 0.5) is 10.1 Å². The fourth-order valence-corrected chi connectivity index (χ4v) is 3.96. The van der Waals surface area contributed by atoms with E-state index in [0.717, 1.165) is 17.5 Å². The van der Waals surface area contributed by atoms with Gasteiger partial charge in [0.2, 0.25) is 0 Å². The van der Waals surface area contributed by atoms with Gasteiger partial charge < -0.3 is 15.0 Å². The first kappa shape index (κ1) is 25.5. The lowest BCUT2D eigenvalue weighted by Gasteiger charge is -2.31. The van der Waals surface area contributed by atoms with Crippen molar-refractivity contribution in [3.8, 4) is 5.75 Å². The predicted octanol–water partition coefficient (Wildman–Crippen LogP) is 5.21. The molecule has 0 aliphatic heterocycles. The second kappa shape index (κ2) is 11.9. The summed E-state index contributed by atoms with van der Waals surface area (Å²) in [5.74, 6) is -0.697. The van der Waals surface area contributed by atoms with E-state index in [0.29, 0.717) is 17.0 Å². The van der Waals surface area contributed by atoms with Crippen LogP contribution < -0.4 is 10.1 Å². The fourth-order valence-electron chi connectivity index (χ4n) is 3.96. The molecule has 0 aliphatic carbocycles. The standard InChI is InChI=1S/C29H27FN4O3/c1-3-20-7-9-22(10-8-20)27(28(35)33-24-13-11-23(30)12-14-24)34(29(36)26-18-31-15-16-32-26)19-21-5-4-6-25(17-21)37-2/h4-18,27H,3,19H2,1-2H3,(H,33,35). The summed E-state index contributed by atoms with van der Waals surface area (Å²) in [5.41, 5.74) is 3.00. The summed E-state index contributed by atoms with van der Waals surface area (Å²) in [6.07, 6.45) is 5.11. The summed E-state index contributed by atoms with van der Waals surface area (Å²) >= 11 is 0. The van der Waals surface area contributed by atoms with Gasteiger partial charge >= 0.3 is 0 Å². The lowest BCUT2D eigenvalue weighted by atomic mass is 10.00. The van der Waals surface area contributed by atoms with Gasteiger partial charge in [-0.15, -0.1) is 0 Å². The number of nitrogens with one attached hydrogen (secondary N) is 1. The van der Waals surface area contributed by atoms with Crippen molar-refractivity contribution in [2.45, 2.75) is 25.9 Å². The molecule has 2 amide bonds. The molecule has 3 aromatic carbocycles. The molecule has 0 bridgehead atoms. The molecule has 0 saturated carbocycles. The second-order valence-corrected chi connectivity index (χ2v) is 8.37. The van der Waals surface area contributed by atoms with Gasteiger partial charge in [-0.3, -0.25) is 14.6 Å². The third kappa shape index (κ3) is 6.35. The Hall–Kier alpha value is -4.59. The van der Waals surface area contributed by atoms with Gasteiger partial charge in [-0.25, -0.2) is 9.37 Å². The molecule has 0 radical (unpaired) electrons. The van der Waals surface area contributed by atoms with E-state index in [4.69, 9.17) is 4.74 Å². The highest BCUT2D eigenvalue weighted by Crippen LogP contribution is 2.28. The monoisotopic (exact) mass is 498 g/mol. The van der Waals surface area contributed by atoms with Crippen molar-refractivity contribution >= 4 is 17.5 Å². The first-order valence-corrected chi connectivity index (χ1v) is 11.8. The molecule has 0 saturated heterocycles. The first-order chi connectivity index (χ1) is 18.0. The number of methoxy groups -OCH3 is 1. The third-order valence-electron chi connectivity index (χ3n) is 5.91. The van der Waals surface area contributed by atoms with E-state index >= 15 is 0 Å². The summed E-state index contributed by atoms with van der Waals surface area (Å²) in [7, 11) is 1.57. The zero-order chi connectivity index (χ0) is 26.2.